The number of hydrogen-bond acceptors (Lipinski definition) is 3. The Hall–Kier alpha value is -1.06. The van der Waals surface area contributed by atoms with Crippen LogP contribution in [0, 0.1) is 0 Å². The summed E-state index contributed by atoms with van der Waals surface area (Å²) in [6.45, 7) is 0. The minimum Gasteiger partial charge on any atom is -0.332 e. The number of para-hydroxylation sites is 1. The van der Waals surface area contributed by atoms with Crippen molar-refractivity contribution in [3.05, 3.63) is 41.9 Å². The third-order valence-corrected chi connectivity index (χ3v) is 2.15. The molecular weight excluding hydrogens is 204 g/mol. The molecule has 1 heterocycles. The summed E-state index contributed by atoms with van der Waals surface area (Å²) in [5, 5.41) is 6.07. The van der Waals surface area contributed by atoms with Crippen molar-refractivity contribution in [3.63, 3.8) is 0 Å². The average molecular weight is 213 g/mol. The van der Waals surface area contributed by atoms with E-state index in [1.165, 1.54) is 0 Å². The first kappa shape index (κ1) is 10.0. The maximum Gasteiger partial charge on any atom is 0.187 e. The molecule has 2 aromatic rings. The van der Waals surface area contributed by atoms with E-state index in [-0.39, 0.29) is 12.4 Å². The Morgan fingerprint density at radius 3 is 2.54 bits per heavy atom. The number of rotatable bonds is 2. The number of anilines is 2. The third-order valence-electron chi connectivity index (χ3n) is 1.46. The summed E-state index contributed by atoms with van der Waals surface area (Å²) in [5.41, 5.74) is 1.08. The molecule has 1 aromatic heterocycles. The standard InChI is InChI=1S/C9H8N2S.ClH/c1-2-4-8(5-3-1)11-9-10-6-7-12-9;/h1-7H,(H,10,11);1H. The Morgan fingerprint density at radius 1 is 1.15 bits per heavy atom. The highest BCUT2D eigenvalue weighted by atomic mass is 35.5. The Labute approximate surface area is 87.1 Å². The fourth-order valence-electron chi connectivity index (χ4n) is 0.930. The van der Waals surface area contributed by atoms with Crippen LogP contribution in [0.3, 0.4) is 0 Å². The molecule has 1 N–H and O–H groups in total. The van der Waals surface area contributed by atoms with Crippen molar-refractivity contribution >= 4 is 34.6 Å². The molecule has 2 rings (SSSR count). The minimum atomic E-state index is 0. The lowest BCUT2D eigenvalue weighted by Crippen LogP contribution is -1.87. The van der Waals surface area contributed by atoms with Crippen LogP contribution in [0.25, 0.3) is 0 Å². The van der Waals surface area contributed by atoms with E-state index < -0.39 is 0 Å². The summed E-state index contributed by atoms with van der Waals surface area (Å²) < 4.78 is 0. The SMILES string of the molecule is Cl.c1ccc(Nc2nccs2)cc1. The van der Waals surface area contributed by atoms with Crippen molar-refractivity contribution in [3.8, 4) is 0 Å². The molecule has 0 spiro atoms. The summed E-state index contributed by atoms with van der Waals surface area (Å²) in [5.74, 6) is 0. The average Bonchev–Trinajstić information content (AvgIpc) is 2.59. The molecule has 0 unspecified atom stereocenters. The van der Waals surface area contributed by atoms with Gasteiger partial charge in [-0.25, -0.2) is 4.98 Å². The molecule has 0 radical (unpaired) electrons. The van der Waals surface area contributed by atoms with Crippen LogP contribution in [0.15, 0.2) is 41.9 Å². The predicted molar refractivity (Wildman–Crippen MR) is 59.1 cm³/mol. The minimum absolute atomic E-state index is 0. The van der Waals surface area contributed by atoms with Crippen molar-refractivity contribution in [2.75, 3.05) is 5.32 Å². The van der Waals surface area contributed by atoms with Crippen molar-refractivity contribution in [1.82, 2.24) is 4.98 Å². The third kappa shape index (κ3) is 2.72. The second kappa shape index (κ2) is 4.84. The lowest BCUT2D eigenvalue weighted by Gasteiger charge is -1.99. The number of halogens is 1. The van der Waals surface area contributed by atoms with E-state index in [4.69, 9.17) is 0 Å². The predicted octanol–water partition coefficient (Wildman–Crippen LogP) is 3.31. The van der Waals surface area contributed by atoms with Gasteiger partial charge in [-0.15, -0.1) is 23.7 Å². The van der Waals surface area contributed by atoms with E-state index in [1.807, 2.05) is 35.7 Å². The number of nitrogens with zero attached hydrogens (tertiary/aromatic N) is 1. The number of thiazole rings is 1. The van der Waals surface area contributed by atoms with Crippen molar-refractivity contribution < 1.29 is 0 Å². The van der Waals surface area contributed by atoms with Gasteiger partial charge in [0.2, 0.25) is 0 Å². The number of nitrogens with one attached hydrogen (secondary N) is 1. The van der Waals surface area contributed by atoms with E-state index in [2.05, 4.69) is 10.3 Å². The molecule has 0 fully saturated rings. The van der Waals surface area contributed by atoms with Crippen molar-refractivity contribution in [2.45, 2.75) is 0 Å². The molecule has 2 nitrogen and oxygen atoms in total. The molecule has 0 aliphatic heterocycles. The van der Waals surface area contributed by atoms with Crippen LogP contribution in [0.2, 0.25) is 0 Å². The molecule has 0 saturated heterocycles. The highest BCUT2D eigenvalue weighted by Gasteiger charge is 1.93. The van der Waals surface area contributed by atoms with E-state index in [1.54, 1.807) is 17.5 Å². The maximum atomic E-state index is 4.12. The van der Waals surface area contributed by atoms with Crippen LogP contribution < -0.4 is 5.32 Å². The van der Waals surface area contributed by atoms with E-state index >= 15 is 0 Å². The monoisotopic (exact) mass is 212 g/mol. The van der Waals surface area contributed by atoms with Gasteiger partial charge in [0.15, 0.2) is 5.13 Å². The van der Waals surface area contributed by atoms with E-state index in [9.17, 15) is 0 Å². The Bertz CT molecular complexity index is 334. The lowest BCUT2D eigenvalue weighted by molar-refractivity contribution is 1.39. The quantitative estimate of drug-likeness (QED) is 0.826. The molecule has 0 aliphatic carbocycles. The smallest absolute Gasteiger partial charge is 0.187 e. The van der Waals surface area contributed by atoms with Gasteiger partial charge in [0.25, 0.3) is 0 Å². The molecule has 0 saturated carbocycles. The topological polar surface area (TPSA) is 24.9 Å². The van der Waals surface area contributed by atoms with Gasteiger partial charge >= 0.3 is 0 Å². The van der Waals surface area contributed by atoms with Crippen LogP contribution in [-0.2, 0) is 0 Å². The van der Waals surface area contributed by atoms with Gasteiger partial charge in [-0.05, 0) is 12.1 Å². The first-order valence-corrected chi connectivity index (χ1v) is 4.55. The van der Waals surface area contributed by atoms with Gasteiger partial charge < -0.3 is 5.32 Å². The molecule has 0 aliphatic rings. The van der Waals surface area contributed by atoms with Crippen LogP contribution in [0.5, 0.6) is 0 Å². The summed E-state index contributed by atoms with van der Waals surface area (Å²) in [6, 6.07) is 10.0. The second-order valence-electron chi connectivity index (χ2n) is 2.33. The summed E-state index contributed by atoms with van der Waals surface area (Å²) in [6.07, 6.45) is 1.79. The number of aromatic nitrogens is 1. The number of benzene rings is 1. The fraction of sp³-hybridized carbons (Fsp3) is 0. The van der Waals surface area contributed by atoms with Gasteiger partial charge in [-0.3, -0.25) is 0 Å². The lowest BCUT2D eigenvalue weighted by atomic mass is 10.3. The first-order chi connectivity index (χ1) is 5.95. The molecular formula is C9H9ClN2S. The molecule has 13 heavy (non-hydrogen) atoms. The van der Waals surface area contributed by atoms with Gasteiger partial charge in [0.1, 0.15) is 0 Å². The first-order valence-electron chi connectivity index (χ1n) is 3.67. The highest BCUT2D eigenvalue weighted by Crippen LogP contribution is 2.17. The van der Waals surface area contributed by atoms with E-state index in [0.29, 0.717) is 0 Å². The molecule has 4 heteroatoms. The molecule has 0 bridgehead atoms. The summed E-state index contributed by atoms with van der Waals surface area (Å²) >= 11 is 1.60. The largest absolute Gasteiger partial charge is 0.332 e. The summed E-state index contributed by atoms with van der Waals surface area (Å²) in [4.78, 5) is 4.12. The van der Waals surface area contributed by atoms with Gasteiger partial charge in [-0.2, -0.15) is 0 Å². The Morgan fingerprint density at radius 2 is 1.92 bits per heavy atom. The van der Waals surface area contributed by atoms with Crippen molar-refractivity contribution in [2.24, 2.45) is 0 Å². The summed E-state index contributed by atoms with van der Waals surface area (Å²) in [7, 11) is 0. The second-order valence-corrected chi connectivity index (χ2v) is 3.22. The zero-order valence-corrected chi connectivity index (χ0v) is 8.44. The Balaban J connectivity index is 0.000000845. The van der Waals surface area contributed by atoms with Gasteiger partial charge in [0.05, 0.1) is 0 Å². The number of hydrogen-bond donors (Lipinski definition) is 1. The Kier molecular flexibility index (Phi) is 3.73. The van der Waals surface area contributed by atoms with Crippen LogP contribution >= 0.6 is 23.7 Å². The van der Waals surface area contributed by atoms with E-state index in [0.717, 1.165) is 10.8 Å². The van der Waals surface area contributed by atoms with Crippen LogP contribution in [-0.4, -0.2) is 4.98 Å². The molecule has 68 valence electrons. The van der Waals surface area contributed by atoms with Crippen LogP contribution in [0.1, 0.15) is 0 Å². The van der Waals surface area contributed by atoms with Crippen molar-refractivity contribution in [1.29, 1.82) is 0 Å². The molecule has 0 amide bonds. The van der Waals surface area contributed by atoms with Gasteiger partial charge in [0, 0.05) is 17.3 Å². The van der Waals surface area contributed by atoms with Gasteiger partial charge in [-0.1, -0.05) is 18.2 Å². The molecule has 0 atom stereocenters. The zero-order chi connectivity index (χ0) is 8.23. The highest BCUT2D eigenvalue weighted by molar-refractivity contribution is 7.13. The normalized spacial score (nSPS) is 8.92. The van der Waals surface area contributed by atoms with Crippen LogP contribution in [0.4, 0.5) is 10.8 Å². The zero-order valence-electron chi connectivity index (χ0n) is 6.81. The fourth-order valence-corrected chi connectivity index (χ4v) is 1.48. The maximum absolute atomic E-state index is 4.12. The molecule has 1 aromatic carbocycles.